The second kappa shape index (κ2) is 5.58. The molecule has 0 amide bonds. The van der Waals surface area contributed by atoms with E-state index in [2.05, 4.69) is 44.0 Å². The summed E-state index contributed by atoms with van der Waals surface area (Å²) in [6.45, 7) is 6.77. The summed E-state index contributed by atoms with van der Waals surface area (Å²) in [5.74, 6) is 1.82. The Hall–Kier alpha value is -1.11. The van der Waals surface area contributed by atoms with E-state index >= 15 is 0 Å². The van der Waals surface area contributed by atoms with Crippen molar-refractivity contribution in [3.8, 4) is 0 Å². The molecule has 0 aromatic carbocycles. The molecule has 2 unspecified atom stereocenters. The molecule has 2 atom stereocenters. The standard InChI is InChI=1S/C13H19N/c1-11(2)13-7-5-4-6-9-14-10-8-12(13)3/h4-13H,1-3H3/b6-4-,7-5+,10-8+,14-9+. The van der Waals surface area contributed by atoms with Crippen molar-refractivity contribution in [2.45, 2.75) is 20.8 Å². The molecule has 1 nitrogen and oxygen atoms in total. The van der Waals surface area contributed by atoms with Crippen molar-refractivity contribution in [3.63, 3.8) is 0 Å². The van der Waals surface area contributed by atoms with E-state index in [4.69, 9.17) is 0 Å². The van der Waals surface area contributed by atoms with Gasteiger partial charge in [0.1, 0.15) is 0 Å². The summed E-state index contributed by atoms with van der Waals surface area (Å²) in [5, 5.41) is 0. The predicted octanol–water partition coefficient (Wildman–Crippen LogP) is 3.61. The van der Waals surface area contributed by atoms with Crippen LogP contribution >= 0.6 is 0 Å². The third-order valence-corrected chi connectivity index (χ3v) is 2.58. The zero-order valence-electron chi connectivity index (χ0n) is 9.22. The lowest BCUT2D eigenvalue weighted by atomic mass is 9.84. The molecular formula is C13H19N. The van der Waals surface area contributed by atoms with Crippen molar-refractivity contribution in [2.24, 2.45) is 22.7 Å². The van der Waals surface area contributed by atoms with Crippen molar-refractivity contribution >= 4 is 6.21 Å². The van der Waals surface area contributed by atoms with E-state index in [1.807, 2.05) is 24.6 Å². The van der Waals surface area contributed by atoms with Gasteiger partial charge in [-0.1, -0.05) is 45.1 Å². The van der Waals surface area contributed by atoms with Gasteiger partial charge in [0.2, 0.25) is 0 Å². The molecule has 0 bridgehead atoms. The fourth-order valence-corrected chi connectivity index (χ4v) is 1.72. The van der Waals surface area contributed by atoms with Crippen LogP contribution in [0.2, 0.25) is 0 Å². The summed E-state index contributed by atoms with van der Waals surface area (Å²) in [6, 6.07) is 0. The lowest BCUT2D eigenvalue weighted by Gasteiger charge is -2.21. The van der Waals surface area contributed by atoms with Gasteiger partial charge in [0.05, 0.1) is 0 Å². The molecule has 1 heterocycles. The third kappa shape index (κ3) is 3.33. The molecule has 0 radical (unpaired) electrons. The molecule has 0 saturated heterocycles. The van der Waals surface area contributed by atoms with Crippen LogP contribution in [0.4, 0.5) is 0 Å². The molecule has 1 aliphatic heterocycles. The summed E-state index contributed by atoms with van der Waals surface area (Å²) in [5.41, 5.74) is 0. The maximum atomic E-state index is 4.15. The largest absolute Gasteiger partial charge is 0.265 e. The molecule has 76 valence electrons. The minimum Gasteiger partial charge on any atom is -0.265 e. The predicted molar refractivity (Wildman–Crippen MR) is 63.4 cm³/mol. The normalized spacial score (nSPS) is 36.3. The summed E-state index contributed by atoms with van der Waals surface area (Å²) in [6.07, 6.45) is 14.3. The molecule has 1 aliphatic rings. The van der Waals surface area contributed by atoms with Crippen LogP contribution in [0.5, 0.6) is 0 Å². The van der Waals surface area contributed by atoms with E-state index in [0.717, 1.165) is 0 Å². The second-order valence-electron chi connectivity index (χ2n) is 4.09. The van der Waals surface area contributed by atoms with E-state index in [1.165, 1.54) is 0 Å². The first-order chi connectivity index (χ1) is 6.72. The zero-order chi connectivity index (χ0) is 10.4. The molecule has 0 aliphatic carbocycles. The van der Waals surface area contributed by atoms with Crippen LogP contribution < -0.4 is 0 Å². The van der Waals surface area contributed by atoms with Crippen LogP contribution in [-0.4, -0.2) is 6.21 Å². The van der Waals surface area contributed by atoms with Gasteiger partial charge in [-0.2, -0.15) is 0 Å². The topological polar surface area (TPSA) is 12.4 Å². The van der Waals surface area contributed by atoms with E-state index < -0.39 is 0 Å². The zero-order valence-corrected chi connectivity index (χ0v) is 9.22. The Kier molecular flexibility index (Phi) is 4.37. The van der Waals surface area contributed by atoms with Crippen molar-refractivity contribution in [1.29, 1.82) is 0 Å². The molecule has 0 aromatic rings. The van der Waals surface area contributed by atoms with Crippen LogP contribution in [0.1, 0.15) is 20.8 Å². The van der Waals surface area contributed by atoms with Crippen LogP contribution in [0.3, 0.4) is 0 Å². The number of hydrogen-bond donors (Lipinski definition) is 0. The summed E-state index contributed by atoms with van der Waals surface area (Å²) < 4.78 is 0. The minimum absolute atomic E-state index is 0.551. The van der Waals surface area contributed by atoms with Gasteiger partial charge >= 0.3 is 0 Å². The number of nitrogens with zero attached hydrogens (tertiary/aromatic N) is 1. The fraction of sp³-hybridized carbons (Fsp3) is 0.462. The SMILES string of the molecule is CC(C)C1/C=C/C=C\C=N\C=C\C1C. The van der Waals surface area contributed by atoms with Gasteiger partial charge in [-0.3, -0.25) is 4.99 Å². The van der Waals surface area contributed by atoms with Gasteiger partial charge in [-0.25, -0.2) is 0 Å². The third-order valence-electron chi connectivity index (χ3n) is 2.58. The Balaban J connectivity index is 2.82. The lowest BCUT2D eigenvalue weighted by Crippen LogP contribution is -2.13. The van der Waals surface area contributed by atoms with Crippen LogP contribution in [0.25, 0.3) is 0 Å². The highest BCUT2D eigenvalue weighted by molar-refractivity contribution is 5.72. The Bertz CT molecular complexity index is 269. The summed E-state index contributed by atoms with van der Waals surface area (Å²) in [4.78, 5) is 4.15. The molecule has 0 spiro atoms. The fourth-order valence-electron chi connectivity index (χ4n) is 1.72. The second-order valence-corrected chi connectivity index (χ2v) is 4.09. The Labute approximate surface area is 86.9 Å². The van der Waals surface area contributed by atoms with Gasteiger partial charge < -0.3 is 0 Å². The molecule has 0 aromatic heterocycles. The number of allylic oxidation sites excluding steroid dienone is 5. The highest BCUT2D eigenvalue weighted by atomic mass is 14.7. The molecule has 0 fully saturated rings. The Morgan fingerprint density at radius 3 is 2.57 bits per heavy atom. The lowest BCUT2D eigenvalue weighted by molar-refractivity contribution is 0.384. The highest BCUT2D eigenvalue weighted by Gasteiger charge is 2.15. The molecular weight excluding hydrogens is 170 g/mol. The molecule has 0 N–H and O–H groups in total. The van der Waals surface area contributed by atoms with E-state index in [9.17, 15) is 0 Å². The van der Waals surface area contributed by atoms with Gasteiger partial charge in [-0.15, -0.1) is 0 Å². The number of hydrogen-bond acceptors (Lipinski definition) is 1. The molecule has 14 heavy (non-hydrogen) atoms. The molecule has 1 rings (SSSR count). The molecule has 1 heteroatoms. The van der Waals surface area contributed by atoms with Gasteiger partial charge in [-0.05, 0) is 23.8 Å². The van der Waals surface area contributed by atoms with Crippen LogP contribution in [0, 0.1) is 17.8 Å². The van der Waals surface area contributed by atoms with Crippen LogP contribution in [0.15, 0.2) is 41.6 Å². The van der Waals surface area contributed by atoms with Crippen molar-refractivity contribution < 1.29 is 0 Å². The van der Waals surface area contributed by atoms with Crippen LogP contribution in [-0.2, 0) is 0 Å². The van der Waals surface area contributed by atoms with E-state index in [-0.39, 0.29) is 0 Å². The average Bonchev–Trinajstić information content (AvgIpc) is 2.15. The maximum Gasteiger partial charge on any atom is 0.0267 e. The quantitative estimate of drug-likeness (QED) is 0.597. The van der Waals surface area contributed by atoms with Gasteiger partial charge in [0.25, 0.3) is 0 Å². The summed E-state index contributed by atoms with van der Waals surface area (Å²) >= 11 is 0. The summed E-state index contributed by atoms with van der Waals surface area (Å²) in [7, 11) is 0. The first kappa shape index (κ1) is 11.0. The smallest absolute Gasteiger partial charge is 0.0267 e. The minimum atomic E-state index is 0.551. The Morgan fingerprint density at radius 2 is 1.86 bits per heavy atom. The van der Waals surface area contributed by atoms with E-state index in [1.54, 1.807) is 0 Å². The highest BCUT2D eigenvalue weighted by Crippen LogP contribution is 2.23. The average molecular weight is 189 g/mol. The van der Waals surface area contributed by atoms with Crippen molar-refractivity contribution in [2.75, 3.05) is 0 Å². The number of rotatable bonds is 1. The van der Waals surface area contributed by atoms with E-state index in [0.29, 0.717) is 17.8 Å². The first-order valence-electron chi connectivity index (χ1n) is 5.25. The first-order valence-corrected chi connectivity index (χ1v) is 5.25. The number of aliphatic imine (C=N–C) groups is 1. The van der Waals surface area contributed by atoms with Gasteiger partial charge in [0.15, 0.2) is 0 Å². The Morgan fingerprint density at radius 1 is 1.07 bits per heavy atom. The molecule has 0 saturated carbocycles. The monoisotopic (exact) mass is 189 g/mol. The van der Waals surface area contributed by atoms with Crippen molar-refractivity contribution in [3.05, 3.63) is 36.6 Å². The van der Waals surface area contributed by atoms with Crippen molar-refractivity contribution in [1.82, 2.24) is 0 Å². The van der Waals surface area contributed by atoms with Gasteiger partial charge in [0, 0.05) is 12.4 Å². The maximum absolute atomic E-state index is 4.15.